The number of para-hydroxylation sites is 1. The van der Waals surface area contributed by atoms with Crippen molar-refractivity contribution in [1.29, 1.82) is 0 Å². The van der Waals surface area contributed by atoms with E-state index in [1.54, 1.807) is 12.1 Å². The molecule has 134 valence electrons. The molecule has 26 heavy (non-hydrogen) atoms. The van der Waals surface area contributed by atoms with Crippen LogP contribution in [0.2, 0.25) is 0 Å². The number of carbonyl (C=O) groups is 2. The molecule has 5 heteroatoms. The highest BCUT2D eigenvalue weighted by atomic mass is 19.1. The SMILES string of the molecule is CC1Cc2ccccc2N1C(=O)C1CC1C(=O)NCc1ccc(F)cc1. The van der Waals surface area contributed by atoms with E-state index in [1.807, 2.05) is 30.0 Å². The van der Waals surface area contributed by atoms with Gasteiger partial charge >= 0.3 is 0 Å². The van der Waals surface area contributed by atoms with Crippen molar-refractivity contribution in [3.63, 3.8) is 0 Å². The number of amides is 2. The van der Waals surface area contributed by atoms with Gasteiger partial charge in [-0.2, -0.15) is 0 Å². The summed E-state index contributed by atoms with van der Waals surface area (Å²) >= 11 is 0. The van der Waals surface area contributed by atoms with Crippen molar-refractivity contribution in [3.8, 4) is 0 Å². The van der Waals surface area contributed by atoms with Gasteiger partial charge in [-0.15, -0.1) is 0 Å². The third-order valence-corrected chi connectivity index (χ3v) is 5.27. The second-order valence-electron chi connectivity index (χ2n) is 7.18. The minimum absolute atomic E-state index is 0.0457. The third kappa shape index (κ3) is 3.09. The van der Waals surface area contributed by atoms with Gasteiger partial charge in [0.25, 0.3) is 0 Å². The highest BCUT2D eigenvalue weighted by molar-refractivity contribution is 6.02. The molecule has 4 nitrogen and oxygen atoms in total. The molecule has 1 N–H and O–H groups in total. The Bertz CT molecular complexity index is 849. The van der Waals surface area contributed by atoms with Crippen molar-refractivity contribution in [3.05, 3.63) is 65.5 Å². The average molecular weight is 352 g/mol. The smallest absolute Gasteiger partial charge is 0.231 e. The molecule has 0 aromatic heterocycles. The van der Waals surface area contributed by atoms with E-state index in [0.29, 0.717) is 13.0 Å². The molecule has 0 bridgehead atoms. The zero-order chi connectivity index (χ0) is 18.3. The molecule has 2 aromatic rings. The molecule has 1 saturated carbocycles. The summed E-state index contributed by atoms with van der Waals surface area (Å²) in [5.41, 5.74) is 3.00. The van der Waals surface area contributed by atoms with E-state index in [1.165, 1.54) is 17.7 Å². The minimum atomic E-state index is -0.298. The van der Waals surface area contributed by atoms with E-state index in [4.69, 9.17) is 0 Å². The van der Waals surface area contributed by atoms with Crippen LogP contribution in [0.15, 0.2) is 48.5 Å². The second-order valence-corrected chi connectivity index (χ2v) is 7.18. The Morgan fingerprint density at radius 2 is 1.85 bits per heavy atom. The van der Waals surface area contributed by atoms with Crippen LogP contribution in [0.1, 0.15) is 24.5 Å². The Hall–Kier alpha value is -2.69. The molecule has 0 saturated heterocycles. The summed E-state index contributed by atoms with van der Waals surface area (Å²) in [6.07, 6.45) is 1.45. The number of hydrogen-bond donors (Lipinski definition) is 1. The van der Waals surface area contributed by atoms with E-state index < -0.39 is 0 Å². The van der Waals surface area contributed by atoms with Crippen molar-refractivity contribution in [1.82, 2.24) is 5.32 Å². The van der Waals surface area contributed by atoms with Gasteiger partial charge in [0, 0.05) is 18.3 Å². The number of halogens is 1. The zero-order valence-electron chi connectivity index (χ0n) is 14.6. The quantitative estimate of drug-likeness (QED) is 0.919. The number of fused-ring (bicyclic) bond motifs is 1. The van der Waals surface area contributed by atoms with Crippen molar-refractivity contribution >= 4 is 17.5 Å². The molecule has 1 aliphatic carbocycles. The van der Waals surface area contributed by atoms with Gasteiger partial charge in [0.15, 0.2) is 0 Å². The maximum absolute atomic E-state index is 12.9. The van der Waals surface area contributed by atoms with Gasteiger partial charge in [0.05, 0.1) is 11.8 Å². The first-order valence-corrected chi connectivity index (χ1v) is 8.97. The molecule has 4 rings (SSSR count). The normalized spacial score (nSPS) is 23.5. The van der Waals surface area contributed by atoms with E-state index in [0.717, 1.165) is 17.7 Å². The first kappa shape index (κ1) is 16.8. The number of hydrogen-bond acceptors (Lipinski definition) is 2. The first-order chi connectivity index (χ1) is 12.5. The van der Waals surface area contributed by atoms with Crippen LogP contribution < -0.4 is 10.2 Å². The van der Waals surface area contributed by atoms with Crippen molar-refractivity contribution in [2.75, 3.05) is 4.90 Å². The van der Waals surface area contributed by atoms with E-state index in [-0.39, 0.29) is 35.5 Å². The molecule has 3 unspecified atom stereocenters. The number of nitrogens with one attached hydrogen (secondary N) is 1. The Kier molecular flexibility index (Phi) is 4.23. The second kappa shape index (κ2) is 6.56. The summed E-state index contributed by atoms with van der Waals surface area (Å²) in [5, 5.41) is 2.85. The van der Waals surface area contributed by atoms with Gasteiger partial charge in [0.1, 0.15) is 5.82 Å². The molecule has 0 spiro atoms. The van der Waals surface area contributed by atoms with Crippen LogP contribution in [-0.4, -0.2) is 17.9 Å². The summed E-state index contributed by atoms with van der Waals surface area (Å²) in [6, 6.07) is 14.1. The van der Waals surface area contributed by atoms with Crippen LogP contribution in [-0.2, 0) is 22.6 Å². The standard InChI is InChI=1S/C21H21FN2O2/c1-13-10-15-4-2-3-5-19(15)24(13)21(26)18-11-17(18)20(25)23-12-14-6-8-16(22)9-7-14/h2-9,13,17-18H,10-12H2,1H3,(H,23,25). The fourth-order valence-electron chi connectivity index (χ4n) is 3.76. The van der Waals surface area contributed by atoms with Crippen LogP contribution in [0.25, 0.3) is 0 Å². The van der Waals surface area contributed by atoms with E-state index >= 15 is 0 Å². The van der Waals surface area contributed by atoms with Gasteiger partial charge in [0.2, 0.25) is 11.8 Å². The molecule has 1 aliphatic heterocycles. The summed E-state index contributed by atoms with van der Waals surface area (Å²) in [4.78, 5) is 27.1. The molecule has 2 amide bonds. The van der Waals surface area contributed by atoms with Gasteiger partial charge in [-0.05, 0) is 49.1 Å². The van der Waals surface area contributed by atoms with Gasteiger partial charge in [-0.3, -0.25) is 9.59 Å². The molecule has 1 fully saturated rings. The van der Waals surface area contributed by atoms with Gasteiger partial charge in [-0.1, -0.05) is 30.3 Å². The average Bonchev–Trinajstić information content (AvgIpc) is 3.37. The lowest BCUT2D eigenvalue weighted by atomic mass is 10.1. The molecule has 2 aliphatic rings. The van der Waals surface area contributed by atoms with Crippen LogP contribution in [0.4, 0.5) is 10.1 Å². The number of rotatable bonds is 4. The Morgan fingerprint density at radius 3 is 2.62 bits per heavy atom. The lowest BCUT2D eigenvalue weighted by molar-refractivity contribution is -0.126. The molecule has 2 aromatic carbocycles. The van der Waals surface area contributed by atoms with E-state index in [9.17, 15) is 14.0 Å². The highest BCUT2D eigenvalue weighted by Gasteiger charge is 2.51. The number of benzene rings is 2. The summed E-state index contributed by atoms with van der Waals surface area (Å²) in [7, 11) is 0. The summed E-state index contributed by atoms with van der Waals surface area (Å²) < 4.78 is 12.9. The monoisotopic (exact) mass is 352 g/mol. The van der Waals surface area contributed by atoms with E-state index in [2.05, 4.69) is 11.4 Å². The Balaban J connectivity index is 1.36. The largest absolute Gasteiger partial charge is 0.352 e. The maximum atomic E-state index is 12.9. The molecule has 0 radical (unpaired) electrons. The predicted molar refractivity (Wildman–Crippen MR) is 96.9 cm³/mol. The molecule has 3 atom stereocenters. The topological polar surface area (TPSA) is 49.4 Å². The first-order valence-electron chi connectivity index (χ1n) is 8.97. The Labute approximate surface area is 152 Å². The van der Waals surface area contributed by atoms with Crippen molar-refractivity contribution < 1.29 is 14.0 Å². The van der Waals surface area contributed by atoms with Crippen LogP contribution in [0.5, 0.6) is 0 Å². The van der Waals surface area contributed by atoms with Crippen molar-refractivity contribution in [2.24, 2.45) is 11.8 Å². The van der Waals surface area contributed by atoms with Gasteiger partial charge < -0.3 is 10.2 Å². The Morgan fingerprint density at radius 1 is 1.12 bits per heavy atom. The fourth-order valence-corrected chi connectivity index (χ4v) is 3.76. The highest BCUT2D eigenvalue weighted by Crippen LogP contribution is 2.43. The molecule has 1 heterocycles. The summed E-state index contributed by atoms with van der Waals surface area (Å²) in [5.74, 6) is -0.857. The van der Waals surface area contributed by atoms with Crippen LogP contribution in [0, 0.1) is 17.7 Å². The van der Waals surface area contributed by atoms with Crippen LogP contribution >= 0.6 is 0 Å². The lowest BCUT2D eigenvalue weighted by Gasteiger charge is -2.23. The number of nitrogens with zero attached hydrogens (tertiary/aromatic N) is 1. The fraction of sp³-hybridized carbons (Fsp3) is 0.333. The lowest BCUT2D eigenvalue weighted by Crippen LogP contribution is -2.38. The number of carbonyl (C=O) groups excluding carboxylic acids is 2. The minimum Gasteiger partial charge on any atom is -0.352 e. The number of anilines is 1. The van der Waals surface area contributed by atoms with Gasteiger partial charge in [-0.25, -0.2) is 4.39 Å². The maximum Gasteiger partial charge on any atom is 0.231 e. The predicted octanol–water partition coefficient (Wildman–Crippen LogP) is 3.06. The summed E-state index contributed by atoms with van der Waals surface area (Å²) in [6.45, 7) is 2.39. The molecular weight excluding hydrogens is 331 g/mol. The van der Waals surface area contributed by atoms with Crippen LogP contribution in [0.3, 0.4) is 0 Å². The zero-order valence-corrected chi connectivity index (χ0v) is 14.6. The molecular formula is C21H21FN2O2. The van der Waals surface area contributed by atoms with Crippen molar-refractivity contribution in [2.45, 2.75) is 32.4 Å². The third-order valence-electron chi connectivity index (χ3n) is 5.27.